The molecule has 0 bridgehead atoms. The Hall–Kier alpha value is -1.59. The van der Waals surface area contributed by atoms with Gasteiger partial charge >= 0.3 is 6.18 Å². The quantitative estimate of drug-likeness (QED) is 0.851. The van der Waals surface area contributed by atoms with Crippen molar-refractivity contribution in [1.82, 2.24) is 4.98 Å². The van der Waals surface area contributed by atoms with Crippen LogP contribution in [0.2, 0.25) is 5.15 Å². The third-order valence-corrected chi connectivity index (χ3v) is 3.00. The van der Waals surface area contributed by atoms with Crippen LogP contribution in [-0.4, -0.2) is 4.98 Å². The zero-order chi connectivity index (χ0) is 14.0. The lowest BCUT2D eigenvalue weighted by Gasteiger charge is -2.09. The first-order chi connectivity index (χ1) is 8.91. The number of hydrogen-bond acceptors (Lipinski definition) is 2. The highest BCUT2D eigenvalue weighted by molar-refractivity contribution is 6.30. The van der Waals surface area contributed by atoms with Gasteiger partial charge in [0.2, 0.25) is 0 Å². The largest absolute Gasteiger partial charge is 0.416 e. The van der Waals surface area contributed by atoms with Crippen LogP contribution >= 0.6 is 11.6 Å². The summed E-state index contributed by atoms with van der Waals surface area (Å²) in [6.45, 7) is 0.179. The smallest absolute Gasteiger partial charge is 0.326 e. The Kier molecular flexibility index (Phi) is 3.78. The third-order valence-electron chi connectivity index (χ3n) is 2.65. The van der Waals surface area contributed by atoms with Crippen molar-refractivity contribution in [3.05, 3.63) is 52.8 Å². The predicted molar refractivity (Wildman–Crippen MR) is 67.6 cm³/mol. The molecule has 2 nitrogen and oxygen atoms in total. The summed E-state index contributed by atoms with van der Waals surface area (Å²) in [6, 6.07) is 6.68. The van der Waals surface area contributed by atoms with E-state index in [1.165, 1.54) is 12.3 Å². The molecule has 0 aliphatic rings. The molecule has 1 aromatic carbocycles. The van der Waals surface area contributed by atoms with Crippen molar-refractivity contribution in [2.45, 2.75) is 12.7 Å². The van der Waals surface area contributed by atoms with Crippen LogP contribution in [0, 0.1) is 0 Å². The van der Waals surface area contributed by atoms with Crippen LogP contribution in [0.25, 0.3) is 11.1 Å². The summed E-state index contributed by atoms with van der Waals surface area (Å²) >= 11 is 5.82. The second-order valence-corrected chi connectivity index (χ2v) is 4.31. The maximum atomic E-state index is 12.6. The van der Waals surface area contributed by atoms with E-state index in [4.69, 9.17) is 17.3 Å². The normalized spacial score (nSPS) is 11.6. The lowest BCUT2D eigenvalue weighted by Crippen LogP contribution is -2.04. The molecule has 0 radical (unpaired) electrons. The lowest BCUT2D eigenvalue weighted by molar-refractivity contribution is -0.137. The minimum Gasteiger partial charge on any atom is -0.326 e. The van der Waals surface area contributed by atoms with Crippen molar-refractivity contribution in [1.29, 1.82) is 0 Å². The highest BCUT2D eigenvalue weighted by atomic mass is 35.5. The van der Waals surface area contributed by atoms with Crippen LogP contribution in [-0.2, 0) is 12.7 Å². The maximum absolute atomic E-state index is 12.6. The summed E-state index contributed by atoms with van der Waals surface area (Å²) < 4.78 is 37.9. The molecule has 1 aromatic heterocycles. The molecule has 2 N–H and O–H groups in total. The van der Waals surface area contributed by atoms with Gasteiger partial charge in [0.25, 0.3) is 0 Å². The van der Waals surface area contributed by atoms with Crippen LogP contribution in [0.1, 0.15) is 11.1 Å². The monoisotopic (exact) mass is 286 g/mol. The molecule has 2 aromatic rings. The van der Waals surface area contributed by atoms with E-state index in [0.717, 1.165) is 12.1 Å². The zero-order valence-electron chi connectivity index (χ0n) is 9.71. The number of alkyl halides is 3. The molecule has 0 unspecified atom stereocenters. The number of aromatic nitrogens is 1. The zero-order valence-corrected chi connectivity index (χ0v) is 10.5. The summed E-state index contributed by atoms with van der Waals surface area (Å²) in [7, 11) is 0. The molecule has 0 aliphatic carbocycles. The Morgan fingerprint density at radius 3 is 2.53 bits per heavy atom. The van der Waals surface area contributed by atoms with E-state index in [0.29, 0.717) is 16.7 Å². The molecule has 6 heteroatoms. The molecule has 1 heterocycles. The topological polar surface area (TPSA) is 38.9 Å². The van der Waals surface area contributed by atoms with Crippen molar-refractivity contribution >= 4 is 11.6 Å². The number of pyridine rings is 1. The Balaban J connectivity index is 2.47. The summed E-state index contributed by atoms with van der Waals surface area (Å²) in [4.78, 5) is 3.92. The summed E-state index contributed by atoms with van der Waals surface area (Å²) in [5, 5.41) is 0.262. The highest BCUT2D eigenvalue weighted by Gasteiger charge is 2.30. The second kappa shape index (κ2) is 5.19. The lowest BCUT2D eigenvalue weighted by atomic mass is 10.0. The van der Waals surface area contributed by atoms with Gasteiger partial charge in [0, 0.05) is 23.9 Å². The molecule has 0 saturated carbocycles. The van der Waals surface area contributed by atoms with Crippen LogP contribution < -0.4 is 5.73 Å². The second-order valence-electron chi connectivity index (χ2n) is 3.96. The van der Waals surface area contributed by atoms with Crippen LogP contribution in [0.5, 0.6) is 0 Å². The van der Waals surface area contributed by atoms with Gasteiger partial charge in [0.1, 0.15) is 5.15 Å². The molecule has 0 saturated heterocycles. The van der Waals surface area contributed by atoms with E-state index < -0.39 is 11.7 Å². The number of hydrogen-bond donors (Lipinski definition) is 1. The number of rotatable bonds is 2. The maximum Gasteiger partial charge on any atom is 0.416 e. The molecule has 0 amide bonds. The van der Waals surface area contributed by atoms with Gasteiger partial charge in [-0.25, -0.2) is 4.98 Å². The summed E-state index contributed by atoms with van der Waals surface area (Å²) in [5.74, 6) is 0. The average molecular weight is 287 g/mol. The van der Waals surface area contributed by atoms with Gasteiger partial charge in [0.15, 0.2) is 0 Å². The molecule has 100 valence electrons. The first-order valence-electron chi connectivity index (χ1n) is 5.44. The van der Waals surface area contributed by atoms with E-state index >= 15 is 0 Å². The van der Waals surface area contributed by atoms with Gasteiger partial charge in [0.05, 0.1) is 5.56 Å². The third kappa shape index (κ3) is 3.05. The van der Waals surface area contributed by atoms with Gasteiger partial charge in [-0.3, -0.25) is 0 Å². The Morgan fingerprint density at radius 2 is 1.89 bits per heavy atom. The first kappa shape index (κ1) is 13.8. The molecular weight excluding hydrogens is 277 g/mol. The Morgan fingerprint density at radius 1 is 1.16 bits per heavy atom. The van der Waals surface area contributed by atoms with Crippen LogP contribution in [0.3, 0.4) is 0 Å². The molecule has 0 spiro atoms. The van der Waals surface area contributed by atoms with E-state index in [-0.39, 0.29) is 11.7 Å². The van der Waals surface area contributed by atoms with E-state index in [1.54, 1.807) is 12.1 Å². The number of benzene rings is 1. The molecule has 0 aliphatic heterocycles. The van der Waals surface area contributed by atoms with Crippen molar-refractivity contribution in [3.63, 3.8) is 0 Å². The van der Waals surface area contributed by atoms with E-state index in [9.17, 15) is 13.2 Å². The van der Waals surface area contributed by atoms with Gasteiger partial charge < -0.3 is 5.73 Å². The SMILES string of the molecule is NCc1cc(-c2cccc(C(F)(F)F)c2)cnc1Cl. The fourth-order valence-electron chi connectivity index (χ4n) is 1.67. The first-order valence-corrected chi connectivity index (χ1v) is 5.81. The van der Waals surface area contributed by atoms with Gasteiger partial charge in [-0.05, 0) is 23.8 Å². The van der Waals surface area contributed by atoms with Crippen molar-refractivity contribution in [3.8, 4) is 11.1 Å². The fraction of sp³-hybridized carbons (Fsp3) is 0.154. The van der Waals surface area contributed by atoms with Crippen LogP contribution in [0.15, 0.2) is 36.5 Å². The van der Waals surface area contributed by atoms with Crippen LogP contribution in [0.4, 0.5) is 13.2 Å². The van der Waals surface area contributed by atoms with E-state index in [1.807, 2.05) is 0 Å². The molecule has 2 rings (SSSR count). The molecule has 0 fully saturated rings. The predicted octanol–water partition coefficient (Wildman–Crippen LogP) is 3.88. The van der Waals surface area contributed by atoms with E-state index in [2.05, 4.69) is 4.98 Å². The van der Waals surface area contributed by atoms with Crippen molar-refractivity contribution in [2.24, 2.45) is 5.73 Å². The van der Waals surface area contributed by atoms with Crippen molar-refractivity contribution in [2.75, 3.05) is 0 Å². The van der Waals surface area contributed by atoms with Gasteiger partial charge in [-0.1, -0.05) is 23.7 Å². The van der Waals surface area contributed by atoms with Gasteiger partial charge in [-0.15, -0.1) is 0 Å². The Bertz CT molecular complexity index is 597. The molecule has 19 heavy (non-hydrogen) atoms. The Labute approximate surface area is 113 Å². The molecular formula is C13H10ClF3N2. The summed E-state index contributed by atoms with van der Waals surface area (Å²) in [6.07, 6.45) is -2.94. The minimum atomic E-state index is -4.37. The van der Waals surface area contributed by atoms with Gasteiger partial charge in [-0.2, -0.15) is 13.2 Å². The standard InChI is InChI=1S/C13H10ClF3N2/c14-12-9(6-18)4-10(7-19-12)8-2-1-3-11(5-8)13(15,16)17/h1-5,7H,6,18H2. The fourth-order valence-corrected chi connectivity index (χ4v) is 1.85. The number of nitrogens with zero attached hydrogens (tertiary/aromatic N) is 1. The minimum absolute atomic E-state index is 0.179. The summed E-state index contributed by atoms with van der Waals surface area (Å²) in [5.41, 5.74) is 6.36. The average Bonchev–Trinajstić information content (AvgIpc) is 2.38. The number of nitrogens with two attached hydrogens (primary N) is 1. The highest BCUT2D eigenvalue weighted by Crippen LogP contribution is 2.32. The van der Waals surface area contributed by atoms with Crippen molar-refractivity contribution < 1.29 is 13.2 Å². The molecule has 0 atom stereocenters. The number of halogens is 4.